The summed E-state index contributed by atoms with van der Waals surface area (Å²) >= 11 is 0. The van der Waals surface area contributed by atoms with Gasteiger partial charge in [0.05, 0.1) is 5.41 Å². The van der Waals surface area contributed by atoms with E-state index in [4.69, 9.17) is 0 Å². The van der Waals surface area contributed by atoms with Crippen molar-refractivity contribution in [2.75, 3.05) is 6.54 Å². The topological polar surface area (TPSA) is 54.5 Å². The zero-order valence-corrected chi connectivity index (χ0v) is 14.0. The summed E-state index contributed by atoms with van der Waals surface area (Å²) in [5, 5.41) is 2.21. The minimum Gasteiger partial charge on any atom is -0.331 e. The van der Waals surface area contributed by atoms with Gasteiger partial charge in [0.1, 0.15) is 5.78 Å². The number of amides is 1. The molecule has 0 N–H and O–H groups in total. The smallest absolute Gasteiger partial charge is 0.290 e. The molecule has 1 atom stereocenters. The normalized spacial score (nSPS) is 20.8. The Morgan fingerprint density at radius 1 is 1.12 bits per heavy atom. The molecule has 0 unspecified atom stereocenters. The Morgan fingerprint density at radius 2 is 1.83 bits per heavy atom. The molecule has 1 amide bonds. The molecule has 0 spiro atoms. The summed E-state index contributed by atoms with van der Waals surface area (Å²) in [6.07, 6.45) is 0.760. The van der Waals surface area contributed by atoms with Gasteiger partial charge in [-0.05, 0) is 29.7 Å². The lowest BCUT2D eigenvalue weighted by atomic mass is 9.83. The van der Waals surface area contributed by atoms with E-state index in [0.717, 1.165) is 16.3 Å². The number of fused-ring (bicyclic) bond motifs is 1. The number of carbonyl (C=O) groups is 3. The van der Waals surface area contributed by atoms with Crippen molar-refractivity contribution in [3.63, 3.8) is 0 Å². The quantitative estimate of drug-likeness (QED) is 0.794. The van der Waals surface area contributed by atoms with Gasteiger partial charge in [-0.25, -0.2) is 0 Å². The first-order chi connectivity index (χ1) is 11.4. The third-order valence-corrected chi connectivity index (χ3v) is 4.84. The van der Waals surface area contributed by atoms with Gasteiger partial charge in [-0.15, -0.1) is 0 Å². The fourth-order valence-electron chi connectivity index (χ4n) is 3.37. The number of benzene rings is 2. The molecule has 0 bridgehead atoms. The number of Topliss-reactive ketones (excluding diaryl/α,β-unsaturated/α-hetero) is 2. The Morgan fingerprint density at radius 3 is 2.58 bits per heavy atom. The average Bonchev–Trinajstić information content (AvgIpc) is 2.78. The van der Waals surface area contributed by atoms with Crippen molar-refractivity contribution in [2.45, 2.75) is 33.2 Å². The predicted octanol–water partition coefficient (Wildman–Crippen LogP) is 3.13. The molecule has 1 saturated heterocycles. The van der Waals surface area contributed by atoms with E-state index in [0.29, 0.717) is 25.9 Å². The summed E-state index contributed by atoms with van der Waals surface area (Å²) in [6.45, 7) is 4.10. The molecule has 1 heterocycles. The molecule has 124 valence electrons. The highest BCUT2D eigenvalue weighted by molar-refractivity contribution is 6.40. The van der Waals surface area contributed by atoms with Gasteiger partial charge in [-0.3, -0.25) is 9.59 Å². The van der Waals surface area contributed by atoms with Crippen LogP contribution in [-0.2, 0) is 20.9 Å². The monoisotopic (exact) mass is 323 g/mol. The number of ketones is 2. The van der Waals surface area contributed by atoms with Crippen LogP contribution in [0.4, 0.5) is 0 Å². The molecule has 0 aromatic heterocycles. The Kier molecular flexibility index (Phi) is 4.22. The summed E-state index contributed by atoms with van der Waals surface area (Å²) in [5.74, 6) is -0.762. The Balaban J connectivity index is 1.84. The van der Waals surface area contributed by atoms with Crippen molar-refractivity contribution >= 4 is 28.2 Å². The first kappa shape index (κ1) is 16.4. The molecule has 1 aliphatic rings. The Labute approximate surface area is 141 Å². The van der Waals surface area contributed by atoms with Crippen LogP contribution in [0.2, 0.25) is 0 Å². The molecule has 24 heavy (non-hydrogen) atoms. The average molecular weight is 323 g/mol. The van der Waals surface area contributed by atoms with Crippen LogP contribution < -0.4 is 0 Å². The van der Waals surface area contributed by atoms with Gasteiger partial charge in [0.15, 0.2) is 0 Å². The molecule has 3 rings (SSSR count). The van der Waals surface area contributed by atoms with Crippen LogP contribution in [0.25, 0.3) is 10.8 Å². The molecule has 0 radical (unpaired) electrons. The molecule has 0 saturated carbocycles. The first-order valence-electron chi connectivity index (χ1n) is 8.20. The van der Waals surface area contributed by atoms with Gasteiger partial charge in [-0.2, -0.15) is 0 Å². The highest BCUT2D eigenvalue weighted by atomic mass is 16.2. The van der Waals surface area contributed by atoms with Crippen LogP contribution in [-0.4, -0.2) is 28.9 Å². The number of rotatable bonds is 5. The third-order valence-electron chi connectivity index (χ3n) is 4.84. The van der Waals surface area contributed by atoms with Gasteiger partial charge in [0.25, 0.3) is 5.91 Å². The molecule has 2 aromatic carbocycles. The van der Waals surface area contributed by atoms with Gasteiger partial charge in [-0.1, -0.05) is 49.4 Å². The Hall–Kier alpha value is -2.49. The van der Waals surface area contributed by atoms with Crippen molar-refractivity contribution in [1.82, 2.24) is 4.90 Å². The van der Waals surface area contributed by atoms with E-state index in [-0.39, 0.29) is 11.6 Å². The summed E-state index contributed by atoms with van der Waals surface area (Å²) in [5.41, 5.74) is 0.276. The maximum atomic E-state index is 12.4. The van der Waals surface area contributed by atoms with Gasteiger partial charge < -0.3 is 9.69 Å². The number of likely N-dealkylation sites (tertiary alicyclic amines) is 1. The highest BCUT2D eigenvalue weighted by Gasteiger charge is 2.47. The summed E-state index contributed by atoms with van der Waals surface area (Å²) in [4.78, 5) is 37.7. The second-order valence-electron chi connectivity index (χ2n) is 6.89. The number of hydrogen-bond acceptors (Lipinski definition) is 3. The van der Waals surface area contributed by atoms with E-state index in [1.807, 2.05) is 42.5 Å². The number of carbonyl (C=O) groups excluding carboxylic acids is 3. The van der Waals surface area contributed by atoms with Gasteiger partial charge in [0.2, 0.25) is 5.78 Å². The lowest BCUT2D eigenvalue weighted by molar-refractivity contribution is -0.142. The van der Waals surface area contributed by atoms with E-state index >= 15 is 0 Å². The Bertz CT molecular complexity index is 821. The lowest BCUT2D eigenvalue weighted by Crippen LogP contribution is -2.28. The van der Waals surface area contributed by atoms with Crippen molar-refractivity contribution in [3.8, 4) is 0 Å². The zero-order valence-electron chi connectivity index (χ0n) is 14.0. The SMILES string of the molecule is CC(=O)CC[C@]1(C)CN(Cc2cccc3ccccc23)C(=O)C1=O. The molecular weight excluding hydrogens is 302 g/mol. The fraction of sp³-hybridized carbons (Fsp3) is 0.350. The zero-order chi connectivity index (χ0) is 17.3. The standard InChI is InChI=1S/C20H21NO3/c1-14(22)10-11-20(2)13-21(19(24)18(20)23)12-16-8-5-7-15-6-3-4-9-17(15)16/h3-9H,10-13H2,1-2H3/t20-/m1/s1. The summed E-state index contributed by atoms with van der Waals surface area (Å²) in [7, 11) is 0. The van der Waals surface area contributed by atoms with Gasteiger partial charge in [0, 0.05) is 19.5 Å². The number of hydrogen-bond donors (Lipinski definition) is 0. The molecular formula is C20H21NO3. The van der Waals surface area contributed by atoms with E-state index < -0.39 is 11.3 Å². The maximum absolute atomic E-state index is 12.4. The molecule has 4 nitrogen and oxygen atoms in total. The predicted molar refractivity (Wildman–Crippen MR) is 92.4 cm³/mol. The molecule has 4 heteroatoms. The molecule has 1 fully saturated rings. The van der Waals surface area contributed by atoms with E-state index in [9.17, 15) is 14.4 Å². The van der Waals surface area contributed by atoms with Gasteiger partial charge >= 0.3 is 0 Å². The fourth-order valence-corrected chi connectivity index (χ4v) is 3.37. The van der Waals surface area contributed by atoms with Crippen molar-refractivity contribution in [3.05, 3.63) is 48.0 Å². The second kappa shape index (κ2) is 6.19. The van der Waals surface area contributed by atoms with Crippen molar-refractivity contribution in [1.29, 1.82) is 0 Å². The third kappa shape index (κ3) is 2.96. The second-order valence-corrected chi connectivity index (χ2v) is 6.89. The highest BCUT2D eigenvalue weighted by Crippen LogP contribution is 2.34. The van der Waals surface area contributed by atoms with E-state index in [1.165, 1.54) is 6.92 Å². The van der Waals surface area contributed by atoms with Crippen LogP contribution in [0.3, 0.4) is 0 Å². The molecule has 1 aliphatic heterocycles. The van der Waals surface area contributed by atoms with Crippen LogP contribution in [0, 0.1) is 5.41 Å². The minimum absolute atomic E-state index is 0.0453. The molecule has 2 aromatic rings. The largest absolute Gasteiger partial charge is 0.331 e. The van der Waals surface area contributed by atoms with E-state index in [1.54, 1.807) is 11.8 Å². The molecule has 0 aliphatic carbocycles. The maximum Gasteiger partial charge on any atom is 0.290 e. The minimum atomic E-state index is -0.757. The van der Waals surface area contributed by atoms with E-state index in [2.05, 4.69) is 0 Å². The van der Waals surface area contributed by atoms with Crippen molar-refractivity contribution in [2.24, 2.45) is 5.41 Å². The first-order valence-corrected chi connectivity index (χ1v) is 8.20. The van der Waals surface area contributed by atoms with Crippen molar-refractivity contribution < 1.29 is 14.4 Å². The van der Waals surface area contributed by atoms with Crippen LogP contribution >= 0.6 is 0 Å². The van der Waals surface area contributed by atoms with Crippen LogP contribution in [0.5, 0.6) is 0 Å². The summed E-state index contributed by atoms with van der Waals surface area (Å²) < 4.78 is 0. The number of nitrogens with zero attached hydrogens (tertiary/aromatic N) is 1. The van der Waals surface area contributed by atoms with Crippen LogP contribution in [0.15, 0.2) is 42.5 Å². The van der Waals surface area contributed by atoms with Crippen LogP contribution in [0.1, 0.15) is 32.3 Å². The summed E-state index contributed by atoms with van der Waals surface area (Å²) in [6, 6.07) is 14.0. The lowest BCUT2D eigenvalue weighted by Gasteiger charge is -2.22.